The highest BCUT2D eigenvalue weighted by atomic mass is 16.5. The molecule has 1 unspecified atom stereocenters. The van der Waals surface area contributed by atoms with E-state index in [1.54, 1.807) is 13.3 Å². The molecule has 6 nitrogen and oxygen atoms in total. The molecule has 1 N–H and O–H groups in total. The first-order valence-electron chi connectivity index (χ1n) is 11.6. The zero-order chi connectivity index (χ0) is 21.6. The molecule has 3 heterocycles. The number of carboxylic acid groups (broad SMARTS) is 1. The summed E-state index contributed by atoms with van der Waals surface area (Å²) in [5, 5.41) is 9.45. The summed E-state index contributed by atoms with van der Waals surface area (Å²) in [6.07, 6.45) is 11.2. The molecule has 1 aliphatic heterocycles. The van der Waals surface area contributed by atoms with Crippen LogP contribution in [0.15, 0.2) is 30.5 Å². The highest BCUT2D eigenvalue weighted by Crippen LogP contribution is 2.32. The van der Waals surface area contributed by atoms with Crippen LogP contribution in [0.3, 0.4) is 0 Å². The van der Waals surface area contributed by atoms with Crippen LogP contribution in [0.4, 0.5) is 0 Å². The molecule has 2 aromatic heterocycles. The number of aliphatic carboxylic acids is 1. The molecule has 0 amide bonds. The third-order valence-corrected chi connectivity index (χ3v) is 6.76. The number of pyridine rings is 2. The minimum Gasteiger partial charge on any atom is -0.481 e. The third kappa shape index (κ3) is 5.62. The number of methoxy groups -OCH3 is 1. The first-order chi connectivity index (χ1) is 15.1. The van der Waals surface area contributed by atoms with Crippen molar-refractivity contribution in [3.05, 3.63) is 53.0 Å². The molecular formula is C25H33N3O3. The summed E-state index contributed by atoms with van der Waals surface area (Å²) in [5.41, 5.74) is 4.94. The molecule has 4 rings (SSSR count). The Kier molecular flexibility index (Phi) is 7.17. The molecule has 0 bridgehead atoms. The van der Waals surface area contributed by atoms with Gasteiger partial charge in [0.2, 0.25) is 5.88 Å². The van der Waals surface area contributed by atoms with Gasteiger partial charge >= 0.3 is 5.97 Å². The van der Waals surface area contributed by atoms with Gasteiger partial charge in [-0.05, 0) is 81.0 Å². The zero-order valence-corrected chi connectivity index (χ0v) is 18.4. The highest BCUT2D eigenvalue weighted by Gasteiger charge is 2.30. The van der Waals surface area contributed by atoms with Crippen LogP contribution >= 0.6 is 0 Å². The van der Waals surface area contributed by atoms with Crippen LogP contribution in [0.1, 0.15) is 67.1 Å². The average molecular weight is 424 g/mol. The molecule has 166 valence electrons. The number of rotatable bonds is 9. The predicted octanol–water partition coefficient (Wildman–Crippen LogP) is 4.22. The van der Waals surface area contributed by atoms with Crippen LogP contribution in [0.5, 0.6) is 5.88 Å². The molecule has 0 saturated carbocycles. The van der Waals surface area contributed by atoms with Gasteiger partial charge in [-0.1, -0.05) is 12.1 Å². The van der Waals surface area contributed by atoms with E-state index in [-0.39, 0.29) is 12.5 Å². The normalized spacial score (nSPS) is 19.7. The number of likely N-dealkylation sites (tertiary alicyclic amines) is 1. The van der Waals surface area contributed by atoms with Gasteiger partial charge in [0.25, 0.3) is 0 Å². The lowest BCUT2D eigenvalue weighted by molar-refractivity contribution is -0.138. The molecule has 2 aromatic rings. The smallest absolute Gasteiger partial charge is 0.305 e. The number of fused-ring (bicyclic) bond motifs is 1. The van der Waals surface area contributed by atoms with Gasteiger partial charge in [-0.3, -0.25) is 14.7 Å². The number of nitrogens with zero attached hydrogens (tertiary/aromatic N) is 3. The second-order valence-electron chi connectivity index (χ2n) is 8.90. The van der Waals surface area contributed by atoms with Crippen molar-refractivity contribution in [1.82, 2.24) is 14.9 Å². The van der Waals surface area contributed by atoms with Crippen molar-refractivity contribution in [2.75, 3.05) is 20.2 Å². The van der Waals surface area contributed by atoms with Crippen molar-refractivity contribution < 1.29 is 14.6 Å². The second kappa shape index (κ2) is 10.2. The van der Waals surface area contributed by atoms with Crippen molar-refractivity contribution in [2.45, 2.75) is 63.8 Å². The molecule has 0 radical (unpaired) electrons. The van der Waals surface area contributed by atoms with Crippen molar-refractivity contribution in [1.29, 1.82) is 0 Å². The number of carbonyl (C=O) groups is 1. The van der Waals surface area contributed by atoms with Gasteiger partial charge in [0, 0.05) is 36.2 Å². The van der Waals surface area contributed by atoms with Gasteiger partial charge in [0.05, 0.1) is 13.5 Å². The number of aryl methyl sites for hydroxylation is 3. The summed E-state index contributed by atoms with van der Waals surface area (Å²) in [6, 6.07) is 8.11. The summed E-state index contributed by atoms with van der Waals surface area (Å²) in [6.45, 7) is 1.88. The van der Waals surface area contributed by atoms with Gasteiger partial charge in [0.1, 0.15) is 0 Å². The van der Waals surface area contributed by atoms with E-state index in [0.717, 1.165) is 50.8 Å². The molecule has 0 aromatic carbocycles. The molecule has 1 saturated heterocycles. The summed E-state index contributed by atoms with van der Waals surface area (Å²) in [7, 11) is 1.58. The Morgan fingerprint density at radius 3 is 2.90 bits per heavy atom. The molecule has 2 aliphatic rings. The number of ether oxygens (including phenoxy) is 1. The van der Waals surface area contributed by atoms with Gasteiger partial charge in [-0.15, -0.1) is 0 Å². The standard InChI is InChI=1S/C25H33N3O3/c1-31-24-12-10-20(16-26-24)23(15-25(29)30)28-14-13-18(17-28)5-4-7-21-11-9-19-6-2-3-8-22(19)27-21/h9-12,16,18,23H,2-8,13-15,17H2,1H3,(H,29,30)/t18?,23-/m0/s1. The Hall–Kier alpha value is -2.47. The third-order valence-electron chi connectivity index (χ3n) is 6.76. The number of hydrogen-bond donors (Lipinski definition) is 1. The monoisotopic (exact) mass is 423 g/mol. The fourth-order valence-corrected chi connectivity index (χ4v) is 5.05. The minimum atomic E-state index is -0.775. The van der Waals surface area contributed by atoms with Gasteiger partial charge in [0.15, 0.2) is 0 Å². The van der Waals surface area contributed by atoms with Crippen LogP contribution < -0.4 is 4.74 Å². The van der Waals surface area contributed by atoms with Crippen molar-refractivity contribution in [2.24, 2.45) is 5.92 Å². The van der Waals surface area contributed by atoms with E-state index in [1.165, 1.54) is 36.2 Å². The number of carboxylic acids is 1. The van der Waals surface area contributed by atoms with Crippen LogP contribution in [-0.4, -0.2) is 46.1 Å². The molecule has 1 aliphatic carbocycles. The van der Waals surface area contributed by atoms with Crippen LogP contribution in [0.25, 0.3) is 0 Å². The van der Waals surface area contributed by atoms with E-state index in [1.807, 2.05) is 12.1 Å². The summed E-state index contributed by atoms with van der Waals surface area (Å²) < 4.78 is 5.14. The maximum Gasteiger partial charge on any atom is 0.305 e. The van der Waals surface area contributed by atoms with E-state index < -0.39 is 5.97 Å². The minimum absolute atomic E-state index is 0.0970. The lowest BCUT2D eigenvalue weighted by Crippen LogP contribution is -2.28. The first kappa shape index (κ1) is 21.8. The van der Waals surface area contributed by atoms with Crippen LogP contribution in [0, 0.1) is 5.92 Å². The van der Waals surface area contributed by atoms with E-state index in [2.05, 4.69) is 22.0 Å². The Morgan fingerprint density at radius 2 is 2.13 bits per heavy atom. The van der Waals surface area contributed by atoms with E-state index in [0.29, 0.717) is 11.8 Å². The fraction of sp³-hybridized carbons (Fsp3) is 0.560. The van der Waals surface area contributed by atoms with Crippen molar-refractivity contribution >= 4 is 5.97 Å². The lowest BCUT2D eigenvalue weighted by atomic mass is 9.95. The van der Waals surface area contributed by atoms with Crippen LogP contribution in [0.2, 0.25) is 0 Å². The molecule has 2 atom stereocenters. The van der Waals surface area contributed by atoms with Gasteiger partial charge < -0.3 is 9.84 Å². The summed E-state index contributed by atoms with van der Waals surface area (Å²) in [5.74, 6) is 0.385. The SMILES string of the molecule is COc1ccc([C@H](CC(=O)O)N2CCC(CCCc3ccc4c(n3)CCCC4)C2)cn1. The summed E-state index contributed by atoms with van der Waals surface area (Å²) >= 11 is 0. The van der Waals surface area contributed by atoms with Crippen molar-refractivity contribution in [3.8, 4) is 5.88 Å². The lowest BCUT2D eigenvalue weighted by Gasteiger charge is -2.27. The van der Waals surface area contributed by atoms with Gasteiger partial charge in [-0.25, -0.2) is 4.98 Å². The Morgan fingerprint density at radius 1 is 1.26 bits per heavy atom. The molecule has 31 heavy (non-hydrogen) atoms. The maximum absolute atomic E-state index is 11.5. The topological polar surface area (TPSA) is 75.6 Å². The summed E-state index contributed by atoms with van der Waals surface area (Å²) in [4.78, 5) is 23.0. The number of hydrogen-bond acceptors (Lipinski definition) is 5. The molecule has 0 spiro atoms. The van der Waals surface area contributed by atoms with E-state index in [9.17, 15) is 9.90 Å². The Bertz CT molecular complexity index is 884. The first-order valence-corrected chi connectivity index (χ1v) is 11.6. The Balaban J connectivity index is 1.31. The largest absolute Gasteiger partial charge is 0.481 e. The molecule has 1 fully saturated rings. The fourth-order valence-electron chi connectivity index (χ4n) is 5.05. The predicted molar refractivity (Wildman–Crippen MR) is 119 cm³/mol. The van der Waals surface area contributed by atoms with E-state index in [4.69, 9.17) is 9.72 Å². The Labute approximate surface area is 184 Å². The average Bonchev–Trinajstić information content (AvgIpc) is 3.26. The van der Waals surface area contributed by atoms with Crippen LogP contribution in [-0.2, 0) is 24.1 Å². The van der Waals surface area contributed by atoms with Crippen molar-refractivity contribution in [3.63, 3.8) is 0 Å². The highest BCUT2D eigenvalue weighted by molar-refractivity contribution is 5.68. The molecule has 6 heteroatoms. The maximum atomic E-state index is 11.5. The van der Waals surface area contributed by atoms with Gasteiger partial charge in [-0.2, -0.15) is 0 Å². The second-order valence-corrected chi connectivity index (χ2v) is 8.90. The van der Waals surface area contributed by atoms with E-state index >= 15 is 0 Å². The zero-order valence-electron chi connectivity index (χ0n) is 18.4. The quantitative estimate of drug-likeness (QED) is 0.651. The number of aromatic nitrogens is 2. The molecular weight excluding hydrogens is 390 g/mol.